The number of thioether (sulfide) groups is 1. The Morgan fingerprint density at radius 2 is 1.92 bits per heavy atom. The first-order valence-corrected chi connectivity index (χ1v) is 9.74. The number of thiocarbonyl (C=S) groups is 1. The van der Waals surface area contributed by atoms with Gasteiger partial charge in [-0.25, -0.2) is 4.79 Å². The van der Waals surface area contributed by atoms with Crippen LogP contribution >= 0.6 is 24.0 Å². The molecule has 9 heteroatoms. The van der Waals surface area contributed by atoms with Crippen LogP contribution in [-0.4, -0.2) is 104 Å². The lowest BCUT2D eigenvalue weighted by atomic mass is 10.2. The molecular formula is C15H28N4O3S2. The van der Waals surface area contributed by atoms with Crippen LogP contribution in [0, 0.1) is 0 Å². The lowest BCUT2D eigenvalue weighted by molar-refractivity contribution is -0.142. The fourth-order valence-corrected chi connectivity index (χ4v) is 3.11. The van der Waals surface area contributed by atoms with Crippen LogP contribution in [0.5, 0.6) is 0 Å². The first-order chi connectivity index (χ1) is 11.4. The fourth-order valence-electron chi connectivity index (χ4n) is 2.31. The number of hydrogen-bond acceptors (Lipinski definition) is 6. The van der Waals surface area contributed by atoms with Crippen molar-refractivity contribution >= 4 is 41.0 Å². The van der Waals surface area contributed by atoms with E-state index in [1.54, 1.807) is 30.8 Å². The highest BCUT2D eigenvalue weighted by Gasteiger charge is 2.25. The summed E-state index contributed by atoms with van der Waals surface area (Å²) in [6.45, 7) is 3.45. The zero-order valence-electron chi connectivity index (χ0n) is 14.9. The molecule has 138 valence electrons. The van der Waals surface area contributed by atoms with Gasteiger partial charge in [-0.05, 0) is 30.6 Å². The van der Waals surface area contributed by atoms with Crippen LogP contribution in [0.1, 0.15) is 6.42 Å². The highest BCUT2D eigenvalue weighted by atomic mass is 32.2. The van der Waals surface area contributed by atoms with E-state index in [-0.39, 0.29) is 11.9 Å². The summed E-state index contributed by atoms with van der Waals surface area (Å²) in [5.41, 5.74) is 0. The summed E-state index contributed by atoms with van der Waals surface area (Å²) in [5, 5.41) is 3.70. The van der Waals surface area contributed by atoms with Crippen LogP contribution < -0.4 is 5.32 Å². The van der Waals surface area contributed by atoms with Gasteiger partial charge in [0.25, 0.3) is 0 Å². The summed E-state index contributed by atoms with van der Waals surface area (Å²) in [5.74, 6) is 0.670. The van der Waals surface area contributed by atoms with Gasteiger partial charge >= 0.3 is 5.97 Å². The standard InChI is InChI=1S/C15H28N4O3S2/c1-17(2)13(20)11-18-6-8-19(9-7-18)15(23)16-12(5-10-24-4)14(21)22-3/h12H,5-11H2,1-4H3,(H,16,23). The second kappa shape index (κ2) is 10.7. The van der Waals surface area contributed by atoms with E-state index in [1.165, 1.54) is 7.11 Å². The Morgan fingerprint density at radius 3 is 2.42 bits per heavy atom. The molecule has 0 aromatic carbocycles. The van der Waals surface area contributed by atoms with Gasteiger partial charge in [-0.15, -0.1) is 0 Å². The molecule has 7 nitrogen and oxygen atoms in total. The molecule has 1 rings (SSSR count). The summed E-state index contributed by atoms with van der Waals surface area (Å²) in [6, 6.07) is -0.414. The SMILES string of the molecule is COC(=O)C(CCSC)NC(=S)N1CCN(CC(=O)N(C)C)CC1. The van der Waals surface area contributed by atoms with Gasteiger partial charge in [0.2, 0.25) is 5.91 Å². The quantitative estimate of drug-likeness (QED) is 0.487. The Bertz CT molecular complexity index is 440. The zero-order valence-corrected chi connectivity index (χ0v) is 16.5. The number of amides is 1. The maximum absolute atomic E-state index is 11.9. The van der Waals surface area contributed by atoms with Gasteiger partial charge in [-0.1, -0.05) is 0 Å². The van der Waals surface area contributed by atoms with Crippen molar-refractivity contribution < 1.29 is 14.3 Å². The van der Waals surface area contributed by atoms with Gasteiger partial charge in [0, 0.05) is 40.3 Å². The molecule has 1 N–H and O–H groups in total. The topological polar surface area (TPSA) is 65.1 Å². The molecule has 1 aliphatic rings. The van der Waals surface area contributed by atoms with E-state index >= 15 is 0 Å². The number of carbonyl (C=O) groups excluding carboxylic acids is 2. The molecule has 0 spiro atoms. The Balaban J connectivity index is 2.46. The highest BCUT2D eigenvalue weighted by molar-refractivity contribution is 7.98. The maximum Gasteiger partial charge on any atom is 0.328 e. The molecule has 1 heterocycles. The van der Waals surface area contributed by atoms with Gasteiger partial charge in [-0.3, -0.25) is 9.69 Å². The minimum atomic E-state index is -0.414. The van der Waals surface area contributed by atoms with Gasteiger partial charge in [0.1, 0.15) is 6.04 Å². The minimum Gasteiger partial charge on any atom is -0.467 e. The lowest BCUT2D eigenvalue weighted by Gasteiger charge is -2.36. The Hall–Kier alpha value is -1.06. The molecule has 0 aliphatic carbocycles. The van der Waals surface area contributed by atoms with Crippen molar-refractivity contribution in [1.82, 2.24) is 20.0 Å². The van der Waals surface area contributed by atoms with Crippen molar-refractivity contribution in [3.63, 3.8) is 0 Å². The normalized spacial score (nSPS) is 16.4. The Morgan fingerprint density at radius 1 is 1.29 bits per heavy atom. The van der Waals surface area contributed by atoms with Gasteiger partial charge in [-0.2, -0.15) is 11.8 Å². The number of ether oxygens (including phenoxy) is 1. The summed E-state index contributed by atoms with van der Waals surface area (Å²) in [7, 11) is 4.91. The molecule has 1 saturated heterocycles. The minimum absolute atomic E-state index is 0.104. The van der Waals surface area contributed by atoms with E-state index in [0.717, 1.165) is 31.9 Å². The number of esters is 1. The smallest absolute Gasteiger partial charge is 0.328 e. The van der Waals surface area contributed by atoms with E-state index in [2.05, 4.69) is 10.2 Å². The van der Waals surface area contributed by atoms with Crippen molar-refractivity contribution in [2.24, 2.45) is 0 Å². The molecule has 0 radical (unpaired) electrons. The van der Waals surface area contributed by atoms with Crippen LogP contribution in [0.3, 0.4) is 0 Å². The van der Waals surface area contributed by atoms with Gasteiger partial charge in [0.15, 0.2) is 5.11 Å². The third-order valence-corrected chi connectivity index (χ3v) is 4.93. The number of nitrogens with zero attached hydrogens (tertiary/aromatic N) is 3. The van der Waals surface area contributed by atoms with E-state index < -0.39 is 6.04 Å². The van der Waals surface area contributed by atoms with Gasteiger partial charge < -0.3 is 19.9 Å². The first kappa shape index (κ1) is 21.0. The van der Waals surface area contributed by atoms with E-state index in [4.69, 9.17) is 17.0 Å². The second-order valence-electron chi connectivity index (χ2n) is 5.86. The number of carbonyl (C=O) groups is 2. The molecule has 0 bridgehead atoms. The monoisotopic (exact) mass is 376 g/mol. The Labute approximate surface area is 154 Å². The van der Waals surface area contributed by atoms with Crippen LogP contribution in [0.4, 0.5) is 0 Å². The van der Waals surface area contributed by atoms with Crippen LogP contribution in [0.2, 0.25) is 0 Å². The van der Waals surface area contributed by atoms with Gasteiger partial charge in [0.05, 0.1) is 13.7 Å². The highest BCUT2D eigenvalue weighted by Crippen LogP contribution is 2.06. The number of rotatable bonds is 7. The third-order valence-electron chi connectivity index (χ3n) is 3.91. The number of likely N-dealkylation sites (N-methyl/N-ethyl adjacent to an activating group) is 1. The second-order valence-corrected chi connectivity index (χ2v) is 7.23. The molecular weight excluding hydrogens is 348 g/mol. The summed E-state index contributed by atoms with van der Waals surface area (Å²) < 4.78 is 4.84. The predicted octanol–water partition coefficient (Wildman–Crippen LogP) is -0.139. The molecule has 1 fully saturated rings. The van der Waals surface area contributed by atoms with Crippen molar-refractivity contribution in [2.75, 3.05) is 65.9 Å². The van der Waals surface area contributed by atoms with Crippen molar-refractivity contribution in [2.45, 2.75) is 12.5 Å². The summed E-state index contributed by atoms with van der Waals surface area (Å²) in [4.78, 5) is 29.4. The molecule has 0 saturated carbocycles. The Kier molecular flexibility index (Phi) is 9.38. The van der Waals surface area contributed by atoms with Crippen molar-refractivity contribution in [3.8, 4) is 0 Å². The molecule has 0 aromatic rings. The van der Waals surface area contributed by atoms with Crippen molar-refractivity contribution in [3.05, 3.63) is 0 Å². The largest absolute Gasteiger partial charge is 0.467 e. The third kappa shape index (κ3) is 6.82. The number of piperazine rings is 1. The summed E-state index contributed by atoms with van der Waals surface area (Å²) in [6.07, 6.45) is 2.67. The summed E-state index contributed by atoms with van der Waals surface area (Å²) >= 11 is 7.12. The molecule has 24 heavy (non-hydrogen) atoms. The average molecular weight is 377 g/mol. The zero-order chi connectivity index (χ0) is 18.1. The molecule has 1 amide bonds. The van der Waals surface area contributed by atoms with E-state index in [9.17, 15) is 9.59 Å². The molecule has 1 unspecified atom stereocenters. The van der Waals surface area contributed by atoms with Crippen LogP contribution in [-0.2, 0) is 14.3 Å². The lowest BCUT2D eigenvalue weighted by Crippen LogP contribution is -2.55. The molecule has 1 aliphatic heterocycles. The first-order valence-electron chi connectivity index (χ1n) is 7.93. The van der Waals surface area contributed by atoms with Crippen LogP contribution in [0.15, 0.2) is 0 Å². The maximum atomic E-state index is 11.9. The predicted molar refractivity (Wildman–Crippen MR) is 101 cm³/mol. The average Bonchev–Trinajstić information content (AvgIpc) is 2.58. The number of nitrogens with one attached hydrogen (secondary N) is 1. The molecule has 1 atom stereocenters. The van der Waals surface area contributed by atoms with E-state index in [0.29, 0.717) is 18.1 Å². The molecule has 0 aromatic heterocycles. The van der Waals surface area contributed by atoms with Crippen LogP contribution in [0.25, 0.3) is 0 Å². The van der Waals surface area contributed by atoms with E-state index in [1.807, 2.05) is 11.2 Å². The van der Waals surface area contributed by atoms with Crippen molar-refractivity contribution in [1.29, 1.82) is 0 Å². The number of hydrogen-bond donors (Lipinski definition) is 1. The fraction of sp³-hybridized carbons (Fsp3) is 0.800. The number of methoxy groups -OCH3 is 1.